The number of carbonyl (C=O) groups is 1. The van der Waals surface area contributed by atoms with E-state index in [2.05, 4.69) is 10.1 Å². The average molecular weight is 321 g/mol. The number of fused-ring (bicyclic) bond motifs is 1. The van der Waals surface area contributed by atoms with E-state index in [-0.39, 0.29) is 12.1 Å². The highest BCUT2D eigenvalue weighted by Crippen LogP contribution is 2.21. The highest BCUT2D eigenvalue weighted by atomic mass is 35.5. The summed E-state index contributed by atoms with van der Waals surface area (Å²) in [6.45, 7) is 0.382. The minimum absolute atomic E-state index is 0.122. The normalized spacial score (nSPS) is 14.3. The van der Waals surface area contributed by atoms with Crippen molar-refractivity contribution in [3.8, 4) is 0 Å². The van der Waals surface area contributed by atoms with Gasteiger partial charge in [0.2, 0.25) is 0 Å². The van der Waals surface area contributed by atoms with Gasteiger partial charge in [0.25, 0.3) is 5.56 Å². The van der Waals surface area contributed by atoms with E-state index in [0.717, 1.165) is 18.2 Å². The Morgan fingerprint density at radius 2 is 2.18 bits per heavy atom. The molecule has 2 aromatic rings. The van der Waals surface area contributed by atoms with Crippen LogP contribution >= 0.6 is 11.6 Å². The summed E-state index contributed by atoms with van der Waals surface area (Å²) in [6.07, 6.45) is 2.30. The molecule has 1 saturated carbocycles. The van der Waals surface area contributed by atoms with Crippen molar-refractivity contribution in [3.63, 3.8) is 0 Å². The van der Waals surface area contributed by atoms with E-state index in [0.29, 0.717) is 28.7 Å². The van der Waals surface area contributed by atoms with Crippen molar-refractivity contribution in [1.82, 2.24) is 9.88 Å². The predicted molar refractivity (Wildman–Crippen MR) is 85.1 cm³/mol. The van der Waals surface area contributed by atoms with Crippen molar-refractivity contribution in [1.29, 1.82) is 0 Å². The highest BCUT2D eigenvalue weighted by molar-refractivity contribution is 6.31. The van der Waals surface area contributed by atoms with Crippen LogP contribution in [-0.2, 0) is 22.6 Å². The first-order valence-electron chi connectivity index (χ1n) is 7.20. The quantitative estimate of drug-likeness (QED) is 0.857. The first-order valence-corrected chi connectivity index (χ1v) is 7.58. The first-order chi connectivity index (χ1) is 10.6. The maximum atomic E-state index is 12.7. The van der Waals surface area contributed by atoms with Crippen LogP contribution in [0.4, 0.5) is 0 Å². The van der Waals surface area contributed by atoms with E-state index >= 15 is 0 Å². The van der Waals surface area contributed by atoms with Crippen molar-refractivity contribution in [2.75, 3.05) is 7.11 Å². The van der Waals surface area contributed by atoms with E-state index in [1.807, 2.05) is 12.1 Å². The number of halogens is 1. The number of rotatable bonds is 5. The van der Waals surface area contributed by atoms with Gasteiger partial charge in [0.05, 0.1) is 12.6 Å². The molecule has 5 nitrogen and oxygen atoms in total. The standard InChI is InChI=1S/C16H17ClN2O3/c1-22-15(20)9-19-14-7-12(17)3-2-10(14)6-11(16(19)21)8-18-13-4-5-13/h2-3,6-7,13,18H,4-5,8-9H2,1H3. The fourth-order valence-electron chi connectivity index (χ4n) is 2.42. The van der Waals surface area contributed by atoms with E-state index in [1.165, 1.54) is 11.7 Å². The molecule has 116 valence electrons. The minimum Gasteiger partial charge on any atom is -0.468 e. The second kappa shape index (κ2) is 6.10. The van der Waals surface area contributed by atoms with Gasteiger partial charge in [-0.1, -0.05) is 17.7 Å². The average Bonchev–Trinajstić information content (AvgIpc) is 3.33. The molecule has 1 fully saturated rings. The van der Waals surface area contributed by atoms with Gasteiger partial charge in [-0.25, -0.2) is 0 Å². The molecule has 6 heteroatoms. The van der Waals surface area contributed by atoms with Crippen molar-refractivity contribution in [2.24, 2.45) is 0 Å². The number of pyridine rings is 1. The van der Waals surface area contributed by atoms with E-state index in [9.17, 15) is 9.59 Å². The third kappa shape index (κ3) is 3.15. The molecule has 1 aromatic heterocycles. The lowest BCUT2D eigenvalue weighted by molar-refractivity contribution is -0.141. The fourth-order valence-corrected chi connectivity index (χ4v) is 2.59. The van der Waals surface area contributed by atoms with E-state index < -0.39 is 5.97 Å². The Bertz CT molecular complexity index is 781. The third-order valence-corrected chi connectivity index (χ3v) is 4.04. The van der Waals surface area contributed by atoms with Gasteiger partial charge in [0, 0.05) is 23.2 Å². The Morgan fingerprint density at radius 3 is 2.86 bits per heavy atom. The van der Waals surface area contributed by atoms with Crippen LogP contribution < -0.4 is 10.9 Å². The lowest BCUT2D eigenvalue weighted by Crippen LogP contribution is -2.30. The largest absolute Gasteiger partial charge is 0.468 e. The molecule has 1 aliphatic carbocycles. The van der Waals surface area contributed by atoms with Gasteiger partial charge in [-0.3, -0.25) is 14.2 Å². The number of hydrogen-bond acceptors (Lipinski definition) is 4. The second-order valence-corrected chi connectivity index (χ2v) is 5.93. The van der Waals surface area contributed by atoms with Crippen LogP contribution in [0.15, 0.2) is 29.1 Å². The van der Waals surface area contributed by atoms with Crippen LogP contribution in [0.1, 0.15) is 18.4 Å². The molecule has 1 aromatic carbocycles. The third-order valence-electron chi connectivity index (χ3n) is 3.81. The van der Waals surface area contributed by atoms with Crippen LogP contribution in [0.5, 0.6) is 0 Å². The summed E-state index contributed by atoms with van der Waals surface area (Å²) in [5.41, 5.74) is 1.09. The number of ether oxygens (including phenoxy) is 1. The molecule has 1 aliphatic rings. The molecule has 0 spiro atoms. The molecule has 1 heterocycles. The molecule has 0 unspecified atom stereocenters. The number of nitrogens with one attached hydrogen (secondary N) is 1. The second-order valence-electron chi connectivity index (χ2n) is 5.50. The predicted octanol–water partition coefficient (Wildman–Crippen LogP) is 2.08. The maximum Gasteiger partial charge on any atom is 0.325 e. The van der Waals surface area contributed by atoms with Crippen LogP contribution in [0, 0.1) is 0 Å². The van der Waals surface area contributed by atoms with Crippen LogP contribution in [-0.4, -0.2) is 23.7 Å². The van der Waals surface area contributed by atoms with Crippen molar-refractivity contribution in [3.05, 3.63) is 45.2 Å². The Labute approximate surface area is 132 Å². The highest BCUT2D eigenvalue weighted by Gasteiger charge is 2.21. The van der Waals surface area contributed by atoms with Crippen LogP contribution in [0.3, 0.4) is 0 Å². The number of carbonyl (C=O) groups excluding carboxylic acids is 1. The summed E-state index contributed by atoms with van der Waals surface area (Å²) in [7, 11) is 1.31. The SMILES string of the molecule is COC(=O)Cn1c(=O)c(CNC2CC2)cc2ccc(Cl)cc21. The van der Waals surface area contributed by atoms with Crippen LogP contribution in [0.25, 0.3) is 10.9 Å². The van der Waals surface area contributed by atoms with Gasteiger partial charge in [-0.15, -0.1) is 0 Å². The number of hydrogen-bond donors (Lipinski definition) is 1. The minimum atomic E-state index is -0.462. The summed E-state index contributed by atoms with van der Waals surface area (Å²) in [6, 6.07) is 7.69. The molecule has 3 rings (SSSR count). The zero-order valence-electron chi connectivity index (χ0n) is 12.3. The lowest BCUT2D eigenvalue weighted by atomic mass is 10.1. The summed E-state index contributed by atoms with van der Waals surface area (Å²) in [5.74, 6) is -0.462. The molecule has 0 amide bonds. The van der Waals surface area contributed by atoms with Crippen molar-refractivity contribution < 1.29 is 9.53 Å². The van der Waals surface area contributed by atoms with Crippen molar-refractivity contribution in [2.45, 2.75) is 32.0 Å². The Balaban J connectivity index is 2.08. The molecule has 1 N–H and O–H groups in total. The summed E-state index contributed by atoms with van der Waals surface area (Å²) < 4.78 is 6.12. The van der Waals surface area contributed by atoms with E-state index in [4.69, 9.17) is 11.6 Å². The number of methoxy groups -OCH3 is 1. The molecule has 0 saturated heterocycles. The molecule has 0 bridgehead atoms. The zero-order valence-corrected chi connectivity index (χ0v) is 13.0. The van der Waals surface area contributed by atoms with Gasteiger partial charge in [0.1, 0.15) is 6.54 Å². The number of esters is 1. The number of nitrogens with zero attached hydrogens (tertiary/aromatic N) is 1. The molecule has 0 aliphatic heterocycles. The van der Waals surface area contributed by atoms with Gasteiger partial charge >= 0.3 is 5.97 Å². The number of aromatic nitrogens is 1. The lowest BCUT2D eigenvalue weighted by Gasteiger charge is -2.13. The Hall–Kier alpha value is -1.85. The van der Waals surface area contributed by atoms with Gasteiger partial charge < -0.3 is 10.1 Å². The van der Waals surface area contributed by atoms with Crippen LogP contribution in [0.2, 0.25) is 5.02 Å². The molecule has 0 atom stereocenters. The van der Waals surface area contributed by atoms with E-state index in [1.54, 1.807) is 12.1 Å². The van der Waals surface area contributed by atoms with Crippen molar-refractivity contribution >= 4 is 28.5 Å². The summed E-state index contributed by atoms with van der Waals surface area (Å²) in [5, 5.41) is 4.73. The Morgan fingerprint density at radius 1 is 1.41 bits per heavy atom. The maximum absolute atomic E-state index is 12.7. The molecule has 0 radical (unpaired) electrons. The summed E-state index contributed by atoms with van der Waals surface area (Å²) >= 11 is 6.02. The van der Waals surface area contributed by atoms with Gasteiger partial charge in [-0.2, -0.15) is 0 Å². The molecular formula is C16H17ClN2O3. The first kappa shape index (κ1) is 15.1. The topological polar surface area (TPSA) is 60.3 Å². The smallest absolute Gasteiger partial charge is 0.325 e. The van der Waals surface area contributed by atoms with Gasteiger partial charge in [-0.05, 0) is 36.4 Å². The molecular weight excluding hydrogens is 304 g/mol. The fraction of sp³-hybridized carbons (Fsp3) is 0.375. The molecule has 22 heavy (non-hydrogen) atoms. The Kier molecular flexibility index (Phi) is 4.18. The zero-order chi connectivity index (χ0) is 15.7. The summed E-state index contributed by atoms with van der Waals surface area (Å²) in [4.78, 5) is 24.3. The number of benzene rings is 1. The van der Waals surface area contributed by atoms with Gasteiger partial charge in [0.15, 0.2) is 0 Å². The monoisotopic (exact) mass is 320 g/mol.